The van der Waals surface area contributed by atoms with Gasteiger partial charge in [-0.1, -0.05) is 41.0 Å². The van der Waals surface area contributed by atoms with E-state index < -0.39 is 0 Å². The van der Waals surface area contributed by atoms with Crippen LogP contribution in [0.3, 0.4) is 0 Å². The van der Waals surface area contributed by atoms with Crippen molar-refractivity contribution in [2.24, 2.45) is 17.1 Å². The maximum absolute atomic E-state index is 11.8. The van der Waals surface area contributed by atoms with Crippen LogP contribution in [0.5, 0.6) is 0 Å². The molecule has 3 N–H and O–H groups in total. The Balaban J connectivity index is 3.99. The second-order valence-electron chi connectivity index (χ2n) is 6.36. The van der Waals surface area contributed by atoms with Gasteiger partial charge in [0, 0.05) is 19.0 Å². The lowest BCUT2D eigenvalue weighted by molar-refractivity contribution is -0.122. The summed E-state index contributed by atoms with van der Waals surface area (Å²) >= 11 is 0. The fraction of sp³-hybridized carbons (Fsp3) is 0.929. The van der Waals surface area contributed by atoms with Gasteiger partial charge in [-0.25, -0.2) is 0 Å². The van der Waals surface area contributed by atoms with Gasteiger partial charge in [0.15, 0.2) is 0 Å². The minimum Gasteiger partial charge on any atom is -0.352 e. The smallest absolute Gasteiger partial charge is 0.220 e. The zero-order valence-electron chi connectivity index (χ0n) is 12.2. The number of rotatable bonds is 7. The summed E-state index contributed by atoms with van der Waals surface area (Å²) in [5, 5.41) is 3.02. The van der Waals surface area contributed by atoms with Crippen molar-refractivity contribution in [1.29, 1.82) is 0 Å². The summed E-state index contributed by atoms with van der Waals surface area (Å²) < 4.78 is 0. The van der Waals surface area contributed by atoms with Crippen LogP contribution in [0, 0.1) is 11.3 Å². The Labute approximate surface area is 107 Å². The van der Waals surface area contributed by atoms with Gasteiger partial charge in [0.2, 0.25) is 5.91 Å². The summed E-state index contributed by atoms with van der Waals surface area (Å²) in [5.41, 5.74) is 5.91. The summed E-state index contributed by atoms with van der Waals surface area (Å²) in [6.45, 7) is 11.4. The van der Waals surface area contributed by atoms with E-state index in [0.717, 1.165) is 19.3 Å². The maximum Gasteiger partial charge on any atom is 0.220 e. The van der Waals surface area contributed by atoms with Gasteiger partial charge < -0.3 is 11.1 Å². The van der Waals surface area contributed by atoms with E-state index in [2.05, 4.69) is 39.9 Å². The number of amides is 1. The van der Waals surface area contributed by atoms with E-state index in [1.165, 1.54) is 0 Å². The van der Waals surface area contributed by atoms with Crippen LogP contribution in [0.15, 0.2) is 0 Å². The van der Waals surface area contributed by atoms with Crippen molar-refractivity contribution < 1.29 is 4.79 Å². The van der Waals surface area contributed by atoms with Crippen molar-refractivity contribution in [1.82, 2.24) is 5.32 Å². The number of nitrogens with two attached hydrogens (primary N) is 1. The van der Waals surface area contributed by atoms with Crippen LogP contribution in [0.1, 0.15) is 60.3 Å². The number of hydrogen-bond donors (Lipinski definition) is 2. The highest BCUT2D eigenvalue weighted by molar-refractivity contribution is 5.76. The average molecular weight is 242 g/mol. The van der Waals surface area contributed by atoms with Crippen LogP contribution in [0.25, 0.3) is 0 Å². The molecule has 0 aromatic heterocycles. The van der Waals surface area contributed by atoms with Gasteiger partial charge in [0.25, 0.3) is 0 Å². The molecule has 3 nitrogen and oxygen atoms in total. The number of carbonyl (C=O) groups excluding carboxylic acids is 1. The Morgan fingerprint density at radius 2 is 1.94 bits per heavy atom. The lowest BCUT2D eigenvalue weighted by Crippen LogP contribution is -2.40. The zero-order valence-corrected chi connectivity index (χ0v) is 12.2. The molecule has 0 bridgehead atoms. The molecule has 17 heavy (non-hydrogen) atoms. The van der Waals surface area contributed by atoms with Gasteiger partial charge in [-0.3, -0.25) is 4.79 Å². The van der Waals surface area contributed by atoms with Crippen molar-refractivity contribution in [2.45, 2.75) is 66.3 Å². The lowest BCUT2D eigenvalue weighted by Gasteiger charge is -2.23. The molecule has 102 valence electrons. The van der Waals surface area contributed by atoms with Crippen LogP contribution in [-0.4, -0.2) is 18.5 Å². The molecule has 0 aliphatic heterocycles. The summed E-state index contributed by atoms with van der Waals surface area (Å²) in [7, 11) is 0. The van der Waals surface area contributed by atoms with Crippen LogP contribution in [0.2, 0.25) is 0 Å². The molecule has 0 rings (SSSR count). The van der Waals surface area contributed by atoms with Gasteiger partial charge in [0.1, 0.15) is 0 Å². The fourth-order valence-corrected chi connectivity index (χ4v) is 2.32. The first-order valence-electron chi connectivity index (χ1n) is 6.78. The second-order valence-corrected chi connectivity index (χ2v) is 6.36. The van der Waals surface area contributed by atoms with Gasteiger partial charge in [-0.15, -0.1) is 0 Å². The zero-order chi connectivity index (χ0) is 13.5. The molecule has 0 aromatic carbocycles. The molecule has 2 atom stereocenters. The minimum atomic E-state index is 0.144. The highest BCUT2D eigenvalue weighted by Gasteiger charge is 2.18. The lowest BCUT2D eigenvalue weighted by atomic mass is 9.84. The molecule has 0 saturated carbocycles. The molecule has 0 aromatic rings. The van der Waals surface area contributed by atoms with Crippen molar-refractivity contribution in [2.75, 3.05) is 6.54 Å². The first-order chi connectivity index (χ1) is 7.78. The van der Waals surface area contributed by atoms with E-state index in [1.807, 2.05) is 0 Å². The SMILES string of the molecule is CCCC(CN)NC(=O)CC(C)CC(C)(C)C. The van der Waals surface area contributed by atoms with Gasteiger partial charge in [0.05, 0.1) is 0 Å². The first-order valence-corrected chi connectivity index (χ1v) is 6.78. The normalized spacial score (nSPS) is 15.4. The third kappa shape index (κ3) is 9.16. The van der Waals surface area contributed by atoms with Gasteiger partial charge in [-0.2, -0.15) is 0 Å². The maximum atomic E-state index is 11.8. The Kier molecular flexibility index (Phi) is 7.44. The van der Waals surface area contributed by atoms with Crippen molar-refractivity contribution >= 4 is 5.91 Å². The third-order valence-electron chi connectivity index (χ3n) is 2.78. The molecule has 0 radical (unpaired) electrons. The van der Waals surface area contributed by atoms with Crippen molar-refractivity contribution in [3.05, 3.63) is 0 Å². The monoisotopic (exact) mass is 242 g/mol. The predicted molar refractivity (Wildman–Crippen MR) is 73.7 cm³/mol. The molecule has 0 spiro atoms. The van der Waals surface area contributed by atoms with Crippen molar-refractivity contribution in [3.8, 4) is 0 Å². The molecular weight excluding hydrogens is 212 g/mol. The molecule has 0 aliphatic rings. The van der Waals surface area contributed by atoms with Crippen LogP contribution < -0.4 is 11.1 Å². The molecule has 0 heterocycles. The molecule has 0 aliphatic carbocycles. The molecule has 0 fully saturated rings. The standard InChI is InChI=1S/C14H30N2O/c1-6-7-12(10-15)16-13(17)8-11(2)9-14(3,4)5/h11-12H,6-10,15H2,1-5H3,(H,16,17). The quantitative estimate of drug-likeness (QED) is 0.721. The van der Waals surface area contributed by atoms with E-state index in [1.54, 1.807) is 0 Å². The number of hydrogen-bond acceptors (Lipinski definition) is 2. The fourth-order valence-electron chi connectivity index (χ4n) is 2.32. The van der Waals surface area contributed by atoms with E-state index in [4.69, 9.17) is 5.73 Å². The summed E-state index contributed by atoms with van der Waals surface area (Å²) in [4.78, 5) is 11.8. The topological polar surface area (TPSA) is 55.1 Å². The van der Waals surface area contributed by atoms with E-state index in [-0.39, 0.29) is 17.4 Å². The Morgan fingerprint density at radius 3 is 2.35 bits per heavy atom. The van der Waals surface area contributed by atoms with Gasteiger partial charge >= 0.3 is 0 Å². The molecule has 3 heteroatoms. The van der Waals surface area contributed by atoms with E-state index in [0.29, 0.717) is 18.9 Å². The first kappa shape index (κ1) is 16.4. The van der Waals surface area contributed by atoms with Crippen molar-refractivity contribution in [3.63, 3.8) is 0 Å². The highest BCUT2D eigenvalue weighted by atomic mass is 16.1. The molecule has 0 saturated heterocycles. The number of carbonyl (C=O) groups is 1. The van der Waals surface area contributed by atoms with Crippen LogP contribution in [0.4, 0.5) is 0 Å². The second kappa shape index (κ2) is 7.70. The average Bonchev–Trinajstić information content (AvgIpc) is 2.13. The molecular formula is C14H30N2O. The number of nitrogens with one attached hydrogen (secondary N) is 1. The highest BCUT2D eigenvalue weighted by Crippen LogP contribution is 2.25. The Hall–Kier alpha value is -0.570. The van der Waals surface area contributed by atoms with E-state index in [9.17, 15) is 4.79 Å². The Morgan fingerprint density at radius 1 is 1.35 bits per heavy atom. The Bertz CT molecular complexity index is 221. The predicted octanol–water partition coefficient (Wildman–Crippen LogP) is 2.69. The minimum absolute atomic E-state index is 0.144. The summed E-state index contributed by atoms with van der Waals surface area (Å²) in [5.74, 6) is 0.570. The summed E-state index contributed by atoms with van der Waals surface area (Å²) in [6.07, 6.45) is 3.70. The third-order valence-corrected chi connectivity index (χ3v) is 2.78. The largest absolute Gasteiger partial charge is 0.352 e. The molecule has 2 unspecified atom stereocenters. The summed E-state index contributed by atoms with van der Waals surface area (Å²) in [6, 6.07) is 0.148. The van der Waals surface area contributed by atoms with Gasteiger partial charge in [-0.05, 0) is 24.2 Å². The molecule has 1 amide bonds. The van der Waals surface area contributed by atoms with Crippen LogP contribution >= 0.6 is 0 Å². The van der Waals surface area contributed by atoms with Crippen LogP contribution in [-0.2, 0) is 4.79 Å². The van der Waals surface area contributed by atoms with E-state index >= 15 is 0 Å².